The van der Waals surface area contributed by atoms with Gasteiger partial charge in [0.2, 0.25) is 0 Å². The first-order valence-electron chi connectivity index (χ1n) is 7.17. The number of nitrogens with one attached hydrogen (secondary N) is 2. The molecule has 2 saturated heterocycles. The molecule has 2 rings (SSSR count). The van der Waals surface area contributed by atoms with Gasteiger partial charge >= 0.3 is 6.03 Å². The van der Waals surface area contributed by atoms with Gasteiger partial charge in [-0.2, -0.15) is 0 Å². The second-order valence-corrected chi connectivity index (χ2v) is 5.46. The first-order valence-corrected chi connectivity index (χ1v) is 7.17. The van der Waals surface area contributed by atoms with E-state index in [0.29, 0.717) is 12.5 Å². The number of aliphatic hydroxyl groups excluding tert-OH is 1. The van der Waals surface area contributed by atoms with E-state index in [9.17, 15) is 9.90 Å². The molecule has 18 heavy (non-hydrogen) atoms. The molecule has 5 heteroatoms. The predicted molar refractivity (Wildman–Crippen MR) is 70.4 cm³/mol. The number of aliphatic hydroxyl groups is 1. The molecule has 0 aromatic heterocycles. The van der Waals surface area contributed by atoms with Crippen LogP contribution in [0.25, 0.3) is 0 Å². The van der Waals surface area contributed by atoms with Crippen LogP contribution in [-0.2, 0) is 0 Å². The van der Waals surface area contributed by atoms with Crippen LogP contribution in [0.5, 0.6) is 0 Å². The van der Waals surface area contributed by atoms with Gasteiger partial charge in [-0.1, -0.05) is 13.3 Å². The summed E-state index contributed by atoms with van der Waals surface area (Å²) in [5.41, 5.74) is 0. The summed E-state index contributed by atoms with van der Waals surface area (Å²) in [6.07, 6.45) is 4.74. The normalized spacial score (nSPS) is 32.0. The Balaban J connectivity index is 1.74. The van der Waals surface area contributed by atoms with Crippen molar-refractivity contribution in [2.75, 3.05) is 19.6 Å². The quantitative estimate of drug-likeness (QED) is 0.647. The van der Waals surface area contributed by atoms with Gasteiger partial charge in [-0.3, -0.25) is 4.90 Å². The number of carbonyl (C=O) groups is 1. The fourth-order valence-corrected chi connectivity index (χ4v) is 3.04. The Bertz CT molecular complexity index is 285. The molecule has 0 aromatic rings. The van der Waals surface area contributed by atoms with Gasteiger partial charge in [0.1, 0.15) is 0 Å². The number of urea groups is 1. The van der Waals surface area contributed by atoms with Crippen LogP contribution in [0.1, 0.15) is 39.0 Å². The minimum absolute atomic E-state index is 0.0796. The summed E-state index contributed by atoms with van der Waals surface area (Å²) in [5.74, 6) is 0. The fraction of sp³-hybridized carbons (Fsp3) is 0.923. The van der Waals surface area contributed by atoms with Crippen molar-refractivity contribution < 1.29 is 9.90 Å². The maximum atomic E-state index is 11.7. The summed E-state index contributed by atoms with van der Waals surface area (Å²) in [5, 5.41) is 15.9. The lowest BCUT2D eigenvalue weighted by atomic mass is 9.96. The Kier molecular flexibility index (Phi) is 4.83. The van der Waals surface area contributed by atoms with Crippen LogP contribution < -0.4 is 10.6 Å². The molecule has 2 unspecified atom stereocenters. The van der Waals surface area contributed by atoms with E-state index in [4.69, 9.17) is 0 Å². The third-order valence-electron chi connectivity index (χ3n) is 3.99. The zero-order valence-electron chi connectivity index (χ0n) is 11.2. The predicted octanol–water partition coefficient (Wildman–Crippen LogP) is 0.683. The Hall–Kier alpha value is -0.810. The molecule has 104 valence electrons. The molecule has 0 spiro atoms. The maximum Gasteiger partial charge on any atom is 0.315 e. The van der Waals surface area contributed by atoms with Gasteiger partial charge in [-0.25, -0.2) is 4.79 Å². The van der Waals surface area contributed by atoms with Crippen molar-refractivity contribution in [2.24, 2.45) is 0 Å². The highest BCUT2D eigenvalue weighted by Gasteiger charge is 2.38. The average molecular weight is 255 g/mol. The molecule has 0 radical (unpaired) electrons. The lowest BCUT2D eigenvalue weighted by molar-refractivity contribution is 0.0202. The highest BCUT2D eigenvalue weighted by atomic mass is 16.3. The number of carbonyl (C=O) groups excluding carboxylic acids is 1. The van der Waals surface area contributed by atoms with Crippen molar-refractivity contribution in [3.8, 4) is 0 Å². The molecule has 2 aliphatic rings. The fourth-order valence-electron chi connectivity index (χ4n) is 3.04. The van der Waals surface area contributed by atoms with Crippen LogP contribution in [0.2, 0.25) is 0 Å². The Morgan fingerprint density at radius 2 is 2.33 bits per heavy atom. The van der Waals surface area contributed by atoms with Gasteiger partial charge in [-0.05, 0) is 32.2 Å². The van der Waals surface area contributed by atoms with E-state index in [1.807, 2.05) is 0 Å². The summed E-state index contributed by atoms with van der Waals surface area (Å²) < 4.78 is 0. The third-order valence-corrected chi connectivity index (χ3v) is 3.99. The van der Waals surface area contributed by atoms with Gasteiger partial charge in [0.15, 0.2) is 0 Å². The molecule has 2 aliphatic heterocycles. The van der Waals surface area contributed by atoms with E-state index in [2.05, 4.69) is 22.5 Å². The summed E-state index contributed by atoms with van der Waals surface area (Å²) in [4.78, 5) is 14.0. The van der Waals surface area contributed by atoms with Crippen LogP contribution in [0.3, 0.4) is 0 Å². The van der Waals surface area contributed by atoms with Crippen LogP contribution in [-0.4, -0.2) is 53.9 Å². The highest BCUT2D eigenvalue weighted by molar-refractivity contribution is 5.74. The zero-order chi connectivity index (χ0) is 13.0. The number of rotatable bonds is 4. The number of fused-ring (bicyclic) bond motifs is 1. The monoisotopic (exact) mass is 255 g/mol. The molecule has 0 saturated carbocycles. The molecule has 2 amide bonds. The van der Waals surface area contributed by atoms with E-state index in [0.717, 1.165) is 45.3 Å². The van der Waals surface area contributed by atoms with E-state index < -0.39 is 0 Å². The number of piperidine rings is 1. The second kappa shape index (κ2) is 6.38. The average Bonchev–Trinajstić information content (AvgIpc) is 2.78. The molecule has 2 heterocycles. The minimum Gasteiger partial charge on any atom is -0.391 e. The van der Waals surface area contributed by atoms with Crippen molar-refractivity contribution in [1.29, 1.82) is 0 Å². The molecule has 5 nitrogen and oxygen atoms in total. The highest BCUT2D eigenvalue weighted by Crippen LogP contribution is 2.27. The standard InChI is InChI=1S/C13H25N3O2/c1-2-3-6-14-13(18)15-10-8-12(17)11-5-4-7-16(11)9-10/h10-12,17H,2-9H2,1H3,(H2,14,15,18)/t10-,11?,12?/m1/s1. The number of nitrogens with zero attached hydrogens (tertiary/aromatic N) is 1. The Morgan fingerprint density at radius 3 is 3.11 bits per heavy atom. The number of hydrogen-bond donors (Lipinski definition) is 3. The van der Waals surface area contributed by atoms with Gasteiger partial charge in [0.25, 0.3) is 0 Å². The van der Waals surface area contributed by atoms with Crippen molar-refractivity contribution in [3.63, 3.8) is 0 Å². The van der Waals surface area contributed by atoms with Crippen molar-refractivity contribution in [1.82, 2.24) is 15.5 Å². The number of hydrogen-bond acceptors (Lipinski definition) is 3. The topological polar surface area (TPSA) is 64.6 Å². The first-order chi connectivity index (χ1) is 8.70. The van der Waals surface area contributed by atoms with Crippen molar-refractivity contribution in [2.45, 2.75) is 57.2 Å². The van der Waals surface area contributed by atoms with E-state index in [1.165, 1.54) is 0 Å². The largest absolute Gasteiger partial charge is 0.391 e. The zero-order valence-corrected chi connectivity index (χ0v) is 11.2. The molecule has 3 atom stereocenters. The molecular weight excluding hydrogens is 230 g/mol. The molecule has 2 fully saturated rings. The van der Waals surface area contributed by atoms with E-state index in [1.54, 1.807) is 0 Å². The Morgan fingerprint density at radius 1 is 1.50 bits per heavy atom. The molecule has 0 aliphatic carbocycles. The smallest absolute Gasteiger partial charge is 0.315 e. The maximum absolute atomic E-state index is 11.7. The number of unbranched alkanes of at least 4 members (excludes halogenated alkanes) is 1. The Labute approximate surface area is 109 Å². The van der Waals surface area contributed by atoms with Crippen LogP contribution in [0.15, 0.2) is 0 Å². The van der Waals surface area contributed by atoms with Crippen LogP contribution in [0.4, 0.5) is 4.79 Å². The summed E-state index contributed by atoms with van der Waals surface area (Å²) in [6.45, 7) is 4.76. The van der Waals surface area contributed by atoms with Crippen molar-refractivity contribution >= 4 is 6.03 Å². The third kappa shape index (κ3) is 3.36. The number of amides is 2. The van der Waals surface area contributed by atoms with Gasteiger partial charge in [-0.15, -0.1) is 0 Å². The first kappa shape index (κ1) is 13.6. The lowest BCUT2D eigenvalue weighted by Crippen LogP contribution is -2.56. The summed E-state index contributed by atoms with van der Waals surface area (Å²) >= 11 is 0. The molecule has 0 aromatic carbocycles. The van der Waals surface area contributed by atoms with Gasteiger partial charge in [0.05, 0.1) is 6.10 Å². The van der Waals surface area contributed by atoms with Gasteiger partial charge < -0.3 is 15.7 Å². The molecule has 3 N–H and O–H groups in total. The van der Waals surface area contributed by atoms with E-state index >= 15 is 0 Å². The van der Waals surface area contributed by atoms with Crippen molar-refractivity contribution in [3.05, 3.63) is 0 Å². The summed E-state index contributed by atoms with van der Waals surface area (Å²) in [6, 6.07) is 0.306. The van der Waals surface area contributed by atoms with Gasteiger partial charge in [0, 0.05) is 25.2 Å². The molecular formula is C13H25N3O2. The minimum atomic E-state index is -0.290. The van der Waals surface area contributed by atoms with Crippen LogP contribution in [0, 0.1) is 0 Å². The van der Waals surface area contributed by atoms with Crippen LogP contribution >= 0.6 is 0 Å². The second-order valence-electron chi connectivity index (χ2n) is 5.46. The SMILES string of the molecule is CCCCNC(=O)N[C@@H]1CC(O)C2CCCN2C1. The summed E-state index contributed by atoms with van der Waals surface area (Å²) in [7, 11) is 0. The lowest BCUT2D eigenvalue weighted by Gasteiger charge is -2.38. The molecule has 0 bridgehead atoms. The van der Waals surface area contributed by atoms with E-state index in [-0.39, 0.29) is 18.2 Å².